The van der Waals surface area contributed by atoms with Crippen molar-refractivity contribution in [3.05, 3.63) is 11.6 Å². The van der Waals surface area contributed by atoms with Crippen molar-refractivity contribution in [2.45, 2.75) is 13.3 Å². The van der Waals surface area contributed by atoms with E-state index in [1.165, 1.54) is 0 Å². The topological polar surface area (TPSA) is 43.4 Å². The molecule has 0 aromatic carbocycles. The Labute approximate surface area is 75.8 Å². The van der Waals surface area contributed by atoms with Crippen molar-refractivity contribution < 1.29 is 14.3 Å². The Morgan fingerprint density at radius 3 is 2.92 bits per heavy atom. The molecule has 2 fully saturated rings. The number of carbonyl (C=O) groups excluding carboxylic acids is 2. The van der Waals surface area contributed by atoms with E-state index in [0.717, 1.165) is 12.0 Å². The Bertz CT molecular complexity index is 342. The Kier molecular flexibility index (Phi) is 1.14. The first kappa shape index (κ1) is 7.30. The summed E-state index contributed by atoms with van der Waals surface area (Å²) in [7, 11) is 0. The summed E-state index contributed by atoms with van der Waals surface area (Å²) in [6.45, 7) is 2.10. The SMILES string of the molecule is CC1C=C2CC1C1C(=O)OC(=O)C21. The zero-order valence-electron chi connectivity index (χ0n) is 7.32. The van der Waals surface area contributed by atoms with E-state index in [-0.39, 0.29) is 23.8 Å². The predicted octanol–water partition coefficient (Wildman–Crippen LogP) is 0.898. The Balaban J connectivity index is 2.09. The molecular weight excluding hydrogens is 168 g/mol. The van der Waals surface area contributed by atoms with Crippen LogP contribution in [0.2, 0.25) is 0 Å². The molecule has 68 valence electrons. The zero-order valence-corrected chi connectivity index (χ0v) is 7.32. The van der Waals surface area contributed by atoms with Crippen molar-refractivity contribution >= 4 is 11.9 Å². The summed E-state index contributed by atoms with van der Waals surface area (Å²) in [5.74, 6) is -0.213. The predicted molar refractivity (Wildman–Crippen MR) is 43.4 cm³/mol. The lowest BCUT2D eigenvalue weighted by atomic mass is 9.80. The first-order valence-electron chi connectivity index (χ1n) is 4.64. The van der Waals surface area contributed by atoms with Gasteiger partial charge >= 0.3 is 11.9 Å². The number of allylic oxidation sites excluding steroid dienone is 1. The van der Waals surface area contributed by atoms with Gasteiger partial charge in [0, 0.05) is 0 Å². The van der Waals surface area contributed by atoms with Gasteiger partial charge in [-0.2, -0.15) is 0 Å². The largest absolute Gasteiger partial charge is 0.392 e. The average Bonchev–Trinajstić information content (AvgIpc) is 2.64. The van der Waals surface area contributed by atoms with E-state index >= 15 is 0 Å². The van der Waals surface area contributed by atoms with Crippen LogP contribution in [0.25, 0.3) is 0 Å². The fraction of sp³-hybridized carbons (Fsp3) is 0.600. The molecule has 0 aromatic rings. The van der Waals surface area contributed by atoms with Crippen LogP contribution in [0.5, 0.6) is 0 Å². The summed E-state index contributed by atoms with van der Waals surface area (Å²) in [5.41, 5.74) is 1.14. The van der Waals surface area contributed by atoms with Gasteiger partial charge in [0.05, 0.1) is 11.8 Å². The van der Waals surface area contributed by atoms with Crippen LogP contribution in [0.15, 0.2) is 11.6 Å². The van der Waals surface area contributed by atoms with Crippen molar-refractivity contribution in [1.82, 2.24) is 0 Å². The maximum atomic E-state index is 11.3. The second-order valence-electron chi connectivity index (χ2n) is 4.21. The van der Waals surface area contributed by atoms with E-state index in [4.69, 9.17) is 0 Å². The summed E-state index contributed by atoms with van der Waals surface area (Å²) >= 11 is 0. The van der Waals surface area contributed by atoms with Crippen LogP contribution in [0.1, 0.15) is 13.3 Å². The molecule has 0 N–H and O–H groups in total. The van der Waals surface area contributed by atoms with Gasteiger partial charge in [0.25, 0.3) is 0 Å². The highest BCUT2D eigenvalue weighted by atomic mass is 16.6. The zero-order chi connectivity index (χ0) is 9.16. The smallest absolute Gasteiger partial charge is 0.321 e. The summed E-state index contributed by atoms with van der Waals surface area (Å²) in [4.78, 5) is 22.6. The van der Waals surface area contributed by atoms with Gasteiger partial charge in [-0.05, 0) is 18.3 Å². The molecule has 3 aliphatic rings. The number of rotatable bonds is 0. The third kappa shape index (κ3) is 0.705. The molecule has 1 saturated heterocycles. The number of fused-ring (bicyclic) bond motifs is 5. The minimum absolute atomic E-state index is 0.150. The third-order valence-corrected chi connectivity index (χ3v) is 3.57. The summed E-state index contributed by atoms with van der Waals surface area (Å²) in [6.07, 6.45) is 3.06. The minimum atomic E-state index is -0.323. The molecule has 2 aliphatic carbocycles. The van der Waals surface area contributed by atoms with E-state index in [0.29, 0.717) is 11.8 Å². The van der Waals surface area contributed by atoms with Crippen molar-refractivity contribution in [3.63, 3.8) is 0 Å². The molecule has 4 atom stereocenters. The molecule has 13 heavy (non-hydrogen) atoms. The van der Waals surface area contributed by atoms with Crippen molar-refractivity contribution in [2.75, 3.05) is 0 Å². The van der Waals surface area contributed by atoms with Gasteiger partial charge in [0.1, 0.15) is 0 Å². The third-order valence-electron chi connectivity index (χ3n) is 3.57. The van der Waals surface area contributed by atoms with Crippen LogP contribution in [0.3, 0.4) is 0 Å². The van der Waals surface area contributed by atoms with Crippen LogP contribution in [-0.2, 0) is 14.3 Å². The summed E-state index contributed by atoms with van der Waals surface area (Å²) < 4.78 is 4.64. The highest BCUT2D eigenvalue weighted by Crippen LogP contribution is 2.54. The molecule has 3 heteroatoms. The number of cyclic esters (lactones) is 2. The molecule has 3 nitrogen and oxygen atoms in total. The highest BCUT2D eigenvalue weighted by Gasteiger charge is 2.58. The fourth-order valence-electron chi connectivity index (χ4n) is 2.99. The molecule has 0 amide bonds. The van der Waals surface area contributed by atoms with E-state index in [9.17, 15) is 9.59 Å². The standard InChI is InChI=1S/C10H10O3/c1-4-2-5-3-6(4)8-7(5)9(11)13-10(8)12/h2,4,6-8H,3H2,1H3. The molecule has 1 aliphatic heterocycles. The Morgan fingerprint density at radius 1 is 1.38 bits per heavy atom. The number of esters is 2. The normalized spacial score (nSPS) is 46.4. The van der Waals surface area contributed by atoms with Crippen LogP contribution < -0.4 is 0 Å². The van der Waals surface area contributed by atoms with Gasteiger partial charge in [0.15, 0.2) is 0 Å². The lowest BCUT2D eigenvalue weighted by Gasteiger charge is -2.19. The van der Waals surface area contributed by atoms with Gasteiger partial charge in [-0.3, -0.25) is 9.59 Å². The van der Waals surface area contributed by atoms with E-state index in [1.54, 1.807) is 0 Å². The van der Waals surface area contributed by atoms with Crippen LogP contribution in [0.4, 0.5) is 0 Å². The number of ether oxygens (including phenoxy) is 1. The molecule has 0 spiro atoms. The number of hydrogen-bond donors (Lipinski definition) is 0. The van der Waals surface area contributed by atoms with Gasteiger partial charge in [-0.25, -0.2) is 0 Å². The van der Waals surface area contributed by atoms with Gasteiger partial charge in [-0.15, -0.1) is 0 Å². The number of hydrogen-bond acceptors (Lipinski definition) is 3. The van der Waals surface area contributed by atoms with Crippen molar-refractivity contribution in [2.24, 2.45) is 23.7 Å². The Hall–Kier alpha value is -1.12. The Morgan fingerprint density at radius 2 is 2.15 bits per heavy atom. The second kappa shape index (κ2) is 2.03. The molecule has 4 unspecified atom stereocenters. The number of carbonyl (C=O) groups is 2. The maximum Gasteiger partial charge on any atom is 0.321 e. The van der Waals surface area contributed by atoms with Crippen LogP contribution in [-0.4, -0.2) is 11.9 Å². The van der Waals surface area contributed by atoms with Crippen molar-refractivity contribution in [1.29, 1.82) is 0 Å². The van der Waals surface area contributed by atoms with Gasteiger partial charge in [-0.1, -0.05) is 18.6 Å². The van der Waals surface area contributed by atoms with Crippen molar-refractivity contribution in [3.8, 4) is 0 Å². The molecule has 3 rings (SSSR count). The molecule has 0 aromatic heterocycles. The van der Waals surface area contributed by atoms with Crippen LogP contribution in [0, 0.1) is 23.7 Å². The molecule has 0 radical (unpaired) electrons. The van der Waals surface area contributed by atoms with Gasteiger partial charge in [0.2, 0.25) is 0 Å². The lowest BCUT2D eigenvalue weighted by molar-refractivity contribution is -0.154. The van der Waals surface area contributed by atoms with Crippen LogP contribution >= 0.6 is 0 Å². The monoisotopic (exact) mass is 178 g/mol. The fourth-order valence-corrected chi connectivity index (χ4v) is 2.99. The molecule has 1 saturated carbocycles. The summed E-state index contributed by atoms with van der Waals surface area (Å²) in [6, 6.07) is 0. The maximum absolute atomic E-state index is 11.3. The highest BCUT2D eigenvalue weighted by molar-refractivity contribution is 5.99. The quantitative estimate of drug-likeness (QED) is 0.314. The van der Waals surface area contributed by atoms with E-state index < -0.39 is 0 Å². The average molecular weight is 178 g/mol. The van der Waals surface area contributed by atoms with E-state index in [2.05, 4.69) is 17.7 Å². The minimum Gasteiger partial charge on any atom is -0.392 e. The lowest BCUT2D eigenvalue weighted by Crippen LogP contribution is -2.24. The first-order valence-corrected chi connectivity index (χ1v) is 4.64. The molecule has 1 heterocycles. The van der Waals surface area contributed by atoms with Gasteiger partial charge < -0.3 is 4.74 Å². The first-order chi connectivity index (χ1) is 6.18. The summed E-state index contributed by atoms with van der Waals surface area (Å²) in [5, 5.41) is 0. The molecular formula is C10H10O3. The second-order valence-corrected chi connectivity index (χ2v) is 4.21. The van der Waals surface area contributed by atoms with E-state index in [1.807, 2.05) is 0 Å². The molecule has 2 bridgehead atoms.